The Bertz CT molecular complexity index is 698. The molecule has 3 rings (SSSR count). The van der Waals surface area contributed by atoms with Gasteiger partial charge in [0.15, 0.2) is 0 Å². The maximum atomic E-state index is 9.09. The van der Waals surface area contributed by atoms with E-state index in [2.05, 4.69) is 27.6 Å². The molecule has 120 valence electrons. The fraction of sp³-hybridized carbons (Fsp3) is 0.294. The third-order valence-corrected chi connectivity index (χ3v) is 4.28. The van der Waals surface area contributed by atoms with Crippen molar-refractivity contribution in [3.63, 3.8) is 0 Å². The molecule has 0 spiro atoms. The summed E-state index contributed by atoms with van der Waals surface area (Å²) >= 11 is 1.61. The number of nitrogens with zero attached hydrogens (tertiary/aromatic N) is 2. The number of hydrogen-bond donors (Lipinski definition) is 2. The SMILES string of the molecule is OCCCC(NCc1nc(-c2ccsc2)no1)c1ccccc1. The Morgan fingerprint density at radius 2 is 2.09 bits per heavy atom. The summed E-state index contributed by atoms with van der Waals surface area (Å²) in [6.45, 7) is 0.690. The van der Waals surface area contributed by atoms with E-state index in [4.69, 9.17) is 9.63 Å². The van der Waals surface area contributed by atoms with Crippen molar-refractivity contribution < 1.29 is 9.63 Å². The highest BCUT2D eigenvalue weighted by Crippen LogP contribution is 2.21. The summed E-state index contributed by atoms with van der Waals surface area (Å²) in [5.74, 6) is 1.19. The Labute approximate surface area is 139 Å². The number of aromatic nitrogens is 2. The maximum Gasteiger partial charge on any atom is 0.240 e. The molecule has 0 fully saturated rings. The molecule has 6 heteroatoms. The number of aliphatic hydroxyl groups excluding tert-OH is 1. The fourth-order valence-corrected chi connectivity index (χ4v) is 3.05. The third-order valence-electron chi connectivity index (χ3n) is 3.60. The average molecular weight is 329 g/mol. The quantitative estimate of drug-likeness (QED) is 0.663. The second-order valence-electron chi connectivity index (χ2n) is 5.23. The molecular weight excluding hydrogens is 310 g/mol. The molecule has 1 unspecified atom stereocenters. The minimum atomic E-state index is 0.153. The van der Waals surface area contributed by atoms with Gasteiger partial charge in [0, 0.05) is 23.6 Å². The van der Waals surface area contributed by atoms with Gasteiger partial charge in [-0.25, -0.2) is 0 Å². The van der Waals surface area contributed by atoms with Crippen LogP contribution in [0.1, 0.15) is 30.3 Å². The monoisotopic (exact) mass is 329 g/mol. The zero-order chi connectivity index (χ0) is 15.9. The molecule has 23 heavy (non-hydrogen) atoms. The summed E-state index contributed by atoms with van der Waals surface area (Å²) in [6.07, 6.45) is 1.60. The van der Waals surface area contributed by atoms with E-state index in [-0.39, 0.29) is 12.6 Å². The largest absolute Gasteiger partial charge is 0.396 e. The van der Waals surface area contributed by atoms with E-state index < -0.39 is 0 Å². The molecule has 0 radical (unpaired) electrons. The minimum Gasteiger partial charge on any atom is -0.396 e. The van der Waals surface area contributed by atoms with Gasteiger partial charge in [-0.05, 0) is 29.9 Å². The number of aliphatic hydroxyl groups is 1. The van der Waals surface area contributed by atoms with E-state index in [1.165, 1.54) is 5.56 Å². The number of thiophene rings is 1. The van der Waals surface area contributed by atoms with Crippen molar-refractivity contribution in [3.8, 4) is 11.4 Å². The zero-order valence-corrected chi connectivity index (χ0v) is 13.5. The number of rotatable bonds is 8. The lowest BCUT2D eigenvalue weighted by Gasteiger charge is -2.17. The molecule has 1 aromatic carbocycles. The first-order valence-corrected chi connectivity index (χ1v) is 8.55. The van der Waals surface area contributed by atoms with Crippen molar-refractivity contribution in [3.05, 3.63) is 58.6 Å². The van der Waals surface area contributed by atoms with Gasteiger partial charge in [-0.1, -0.05) is 35.5 Å². The summed E-state index contributed by atoms with van der Waals surface area (Å²) < 4.78 is 5.31. The van der Waals surface area contributed by atoms with Crippen molar-refractivity contribution in [1.29, 1.82) is 0 Å². The highest BCUT2D eigenvalue weighted by molar-refractivity contribution is 7.08. The molecule has 0 aliphatic carbocycles. The van der Waals surface area contributed by atoms with Crippen LogP contribution in [0, 0.1) is 0 Å². The Balaban J connectivity index is 1.64. The Morgan fingerprint density at radius 3 is 2.83 bits per heavy atom. The van der Waals surface area contributed by atoms with E-state index >= 15 is 0 Å². The third kappa shape index (κ3) is 4.25. The predicted molar refractivity (Wildman–Crippen MR) is 90.0 cm³/mol. The van der Waals surface area contributed by atoms with E-state index in [1.807, 2.05) is 35.0 Å². The van der Waals surface area contributed by atoms with Crippen molar-refractivity contribution in [2.75, 3.05) is 6.61 Å². The lowest BCUT2D eigenvalue weighted by atomic mass is 10.0. The van der Waals surface area contributed by atoms with Crippen molar-refractivity contribution >= 4 is 11.3 Å². The molecule has 2 aromatic heterocycles. The van der Waals surface area contributed by atoms with Crippen LogP contribution in [-0.2, 0) is 6.54 Å². The van der Waals surface area contributed by atoms with E-state index in [0.29, 0.717) is 18.3 Å². The summed E-state index contributed by atoms with van der Waals surface area (Å²) in [4.78, 5) is 4.42. The Morgan fingerprint density at radius 1 is 1.22 bits per heavy atom. The van der Waals surface area contributed by atoms with Gasteiger partial charge in [0.1, 0.15) is 0 Å². The molecule has 3 aromatic rings. The van der Waals surface area contributed by atoms with Crippen LogP contribution >= 0.6 is 11.3 Å². The van der Waals surface area contributed by atoms with Gasteiger partial charge in [-0.3, -0.25) is 0 Å². The van der Waals surface area contributed by atoms with Crippen molar-refractivity contribution in [2.45, 2.75) is 25.4 Å². The normalized spacial score (nSPS) is 12.4. The Kier molecular flexibility index (Phi) is 5.52. The molecule has 0 saturated heterocycles. The topological polar surface area (TPSA) is 71.2 Å². The van der Waals surface area contributed by atoms with Crippen LogP contribution in [0.5, 0.6) is 0 Å². The van der Waals surface area contributed by atoms with Crippen LogP contribution in [0.2, 0.25) is 0 Å². The maximum absolute atomic E-state index is 9.09. The first-order valence-electron chi connectivity index (χ1n) is 7.61. The van der Waals surface area contributed by atoms with Crippen molar-refractivity contribution in [1.82, 2.24) is 15.5 Å². The van der Waals surface area contributed by atoms with E-state index in [9.17, 15) is 0 Å². The molecule has 5 nitrogen and oxygen atoms in total. The number of nitrogens with one attached hydrogen (secondary N) is 1. The van der Waals surface area contributed by atoms with Crippen molar-refractivity contribution in [2.24, 2.45) is 0 Å². The number of hydrogen-bond acceptors (Lipinski definition) is 6. The second kappa shape index (κ2) is 8.01. The summed E-state index contributed by atoms with van der Waals surface area (Å²) in [5.41, 5.74) is 2.17. The lowest BCUT2D eigenvalue weighted by molar-refractivity contribution is 0.272. The van der Waals surface area contributed by atoms with E-state index in [0.717, 1.165) is 18.4 Å². The standard InChI is InChI=1S/C17H19N3O2S/c21-9-4-7-15(13-5-2-1-3-6-13)18-11-16-19-17(20-22-16)14-8-10-23-12-14/h1-3,5-6,8,10,12,15,18,21H,4,7,9,11H2. The van der Waals surface area contributed by atoms with Crippen LogP contribution in [0.25, 0.3) is 11.4 Å². The summed E-state index contributed by atoms with van der Waals surface area (Å²) in [6, 6.07) is 12.3. The van der Waals surface area contributed by atoms with Gasteiger partial charge in [0.05, 0.1) is 6.54 Å². The first-order chi connectivity index (χ1) is 11.4. The molecule has 0 aliphatic heterocycles. The first kappa shape index (κ1) is 15.9. The predicted octanol–water partition coefficient (Wildman–Crippen LogP) is 3.40. The smallest absolute Gasteiger partial charge is 0.240 e. The average Bonchev–Trinajstić information content (AvgIpc) is 3.27. The zero-order valence-electron chi connectivity index (χ0n) is 12.7. The van der Waals surface area contributed by atoms with Gasteiger partial charge < -0.3 is 14.9 Å². The molecule has 0 amide bonds. The minimum absolute atomic E-state index is 0.153. The van der Waals surface area contributed by atoms with Gasteiger partial charge in [-0.15, -0.1) is 0 Å². The molecular formula is C17H19N3O2S. The van der Waals surface area contributed by atoms with Gasteiger partial charge in [-0.2, -0.15) is 16.3 Å². The van der Waals surface area contributed by atoms with Crippen LogP contribution in [0.4, 0.5) is 0 Å². The van der Waals surface area contributed by atoms with Crippen LogP contribution < -0.4 is 5.32 Å². The van der Waals surface area contributed by atoms with Gasteiger partial charge in [0.2, 0.25) is 11.7 Å². The fourth-order valence-electron chi connectivity index (χ4n) is 2.41. The van der Waals surface area contributed by atoms with E-state index in [1.54, 1.807) is 11.3 Å². The molecule has 2 N–H and O–H groups in total. The van der Waals surface area contributed by atoms with Crippen LogP contribution in [-0.4, -0.2) is 21.9 Å². The Hall–Kier alpha value is -2.02. The molecule has 1 atom stereocenters. The van der Waals surface area contributed by atoms with Gasteiger partial charge in [0.25, 0.3) is 0 Å². The lowest BCUT2D eigenvalue weighted by Crippen LogP contribution is -2.21. The molecule has 0 bridgehead atoms. The van der Waals surface area contributed by atoms with Crippen LogP contribution in [0.3, 0.4) is 0 Å². The molecule has 0 saturated carbocycles. The number of benzene rings is 1. The van der Waals surface area contributed by atoms with Gasteiger partial charge >= 0.3 is 0 Å². The summed E-state index contributed by atoms with van der Waals surface area (Å²) in [5, 5.41) is 20.5. The molecule has 0 aliphatic rings. The summed E-state index contributed by atoms with van der Waals surface area (Å²) in [7, 11) is 0. The highest BCUT2D eigenvalue weighted by atomic mass is 32.1. The molecule has 2 heterocycles. The highest BCUT2D eigenvalue weighted by Gasteiger charge is 2.13. The second-order valence-corrected chi connectivity index (χ2v) is 6.01. The van der Waals surface area contributed by atoms with Crippen LogP contribution in [0.15, 0.2) is 51.7 Å².